The molecule has 1 aliphatic heterocycles. The summed E-state index contributed by atoms with van der Waals surface area (Å²) in [5.41, 5.74) is 4.28. The van der Waals surface area contributed by atoms with Gasteiger partial charge in [0, 0.05) is 29.8 Å². The minimum atomic E-state index is 0.0920. The summed E-state index contributed by atoms with van der Waals surface area (Å²) in [5.74, 6) is 2.75. The molecule has 1 saturated heterocycles. The molecule has 1 atom stereocenters. The minimum absolute atomic E-state index is 0.0920. The quantitative estimate of drug-likeness (QED) is 0.618. The molecule has 3 aromatic rings. The molecule has 2 fully saturated rings. The van der Waals surface area contributed by atoms with E-state index >= 15 is 0 Å². The van der Waals surface area contributed by atoms with Crippen LogP contribution in [0.15, 0.2) is 28.7 Å². The first kappa shape index (κ1) is 19.3. The van der Waals surface area contributed by atoms with E-state index in [-0.39, 0.29) is 6.04 Å². The highest BCUT2D eigenvalue weighted by molar-refractivity contribution is 5.42. The van der Waals surface area contributed by atoms with Gasteiger partial charge in [-0.15, -0.1) is 10.2 Å². The highest BCUT2D eigenvalue weighted by Crippen LogP contribution is 2.39. The Morgan fingerprint density at radius 3 is 2.87 bits per heavy atom. The van der Waals surface area contributed by atoms with Crippen LogP contribution in [0.4, 0.5) is 0 Å². The zero-order valence-corrected chi connectivity index (χ0v) is 17.7. The van der Waals surface area contributed by atoms with E-state index in [0.717, 1.165) is 48.1 Å². The van der Waals surface area contributed by atoms with Gasteiger partial charge in [0.1, 0.15) is 5.75 Å². The van der Waals surface area contributed by atoms with Crippen molar-refractivity contribution >= 4 is 0 Å². The highest BCUT2D eigenvalue weighted by Gasteiger charge is 2.33. The zero-order valence-electron chi connectivity index (χ0n) is 17.7. The van der Waals surface area contributed by atoms with Crippen LogP contribution in [0.2, 0.25) is 0 Å². The maximum absolute atomic E-state index is 5.92. The van der Waals surface area contributed by atoms with E-state index in [1.807, 2.05) is 28.9 Å². The lowest BCUT2D eigenvalue weighted by atomic mass is 10.0. The van der Waals surface area contributed by atoms with Gasteiger partial charge >= 0.3 is 0 Å². The van der Waals surface area contributed by atoms with Gasteiger partial charge in [-0.1, -0.05) is 6.07 Å². The molecule has 0 amide bonds. The Labute approximate surface area is 175 Å². The molecule has 30 heavy (non-hydrogen) atoms. The number of hydrogen-bond acceptors (Lipinski definition) is 7. The summed E-state index contributed by atoms with van der Waals surface area (Å²) in [6.07, 6.45) is 2.31. The fraction of sp³-hybridized carbons (Fsp3) is 0.500. The second-order valence-corrected chi connectivity index (χ2v) is 8.07. The zero-order chi connectivity index (χ0) is 20.7. The van der Waals surface area contributed by atoms with Crippen LogP contribution in [-0.2, 0) is 11.3 Å². The van der Waals surface area contributed by atoms with E-state index in [0.29, 0.717) is 31.6 Å². The smallest absolute Gasteiger partial charge is 0.230 e. The van der Waals surface area contributed by atoms with Gasteiger partial charge < -0.3 is 13.9 Å². The van der Waals surface area contributed by atoms with Crippen LogP contribution in [0, 0.1) is 13.8 Å². The van der Waals surface area contributed by atoms with Crippen LogP contribution in [0.1, 0.15) is 53.5 Å². The van der Waals surface area contributed by atoms with Gasteiger partial charge in [-0.2, -0.15) is 5.10 Å². The summed E-state index contributed by atoms with van der Waals surface area (Å²) in [5, 5.41) is 13.4. The van der Waals surface area contributed by atoms with E-state index in [1.54, 1.807) is 7.11 Å². The SMILES string of the molecule is COc1cccc(-n2nc(C)c(C3COCCN3Cc3nnc(C4CC4)o3)c2C)c1. The number of methoxy groups -OCH3 is 1. The summed E-state index contributed by atoms with van der Waals surface area (Å²) in [4.78, 5) is 2.36. The van der Waals surface area contributed by atoms with Crippen molar-refractivity contribution in [2.24, 2.45) is 0 Å². The molecule has 8 nitrogen and oxygen atoms in total. The molecule has 2 aliphatic rings. The van der Waals surface area contributed by atoms with Gasteiger partial charge in [-0.25, -0.2) is 4.68 Å². The van der Waals surface area contributed by atoms with Crippen LogP contribution in [0.5, 0.6) is 5.75 Å². The average Bonchev–Trinajstić information content (AvgIpc) is 3.44. The third-order valence-corrected chi connectivity index (χ3v) is 5.97. The van der Waals surface area contributed by atoms with Crippen molar-refractivity contribution in [1.29, 1.82) is 0 Å². The minimum Gasteiger partial charge on any atom is -0.497 e. The number of ether oxygens (including phenoxy) is 2. The molecule has 2 aromatic heterocycles. The Hall–Kier alpha value is -2.71. The van der Waals surface area contributed by atoms with Crippen molar-refractivity contribution in [1.82, 2.24) is 24.9 Å². The highest BCUT2D eigenvalue weighted by atomic mass is 16.5. The Morgan fingerprint density at radius 1 is 1.20 bits per heavy atom. The summed E-state index contributed by atoms with van der Waals surface area (Å²) < 4.78 is 19.1. The number of morpholine rings is 1. The largest absolute Gasteiger partial charge is 0.497 e. The average molecular weight is 409 g/mol. The van der Waals surface area contributed by atoms with E-state index in [4.69, 9.17) is 19.0 Å². The summed E-state index contributed by atoms with van der Waals surface area (Å²) in [7, 11) is 1.68. The maximum Gasteiger partial charge on any atom is 0.230 e. The van der Waals surface area contributed by atoms with E-state index in [1.165, 1.54) is 5.56 Å². The van der Waals surface area contributed by atoms with Crippen molar-refractivity contribution in [3.05, 3.63) is 53.0 Å². The second kappa shape index (κ2) is 7.85. The normalized spacial score (nSPS) is 19.9. The molecule has 1 aliphatic carbocycles. The van der Waals surface area contributed by atoms with Gasteiger partial charge in [0.2, 0.25) is 11.8 Å². The number of aromatic nitrogens is 4. The fourth-order valence-corrected chi connectivity index (χ4v) is 4.22. The molecule has 1 unspecified atom stereocenters. The monoisotopic (exact) mass is 409 g/mol. The number of nitrogens with zero attached hydrogens (tertiary/aromatic N) is 5. The first-order chi connectivity index (χ1) is 14.6. The number of rotatable bonds is 6. The predicted molar refractivity (Wildman–Crippen MR) is 110 cm³/mol. The lowest BCUT2D eigenvalue weighted by molar-refractivity contribution is -0.0167. The van der Waals surface area contributed by atoms with Gasteiger partial charge in [0.25, 0.3) is 0 Å². The third kappa shape index (κ3) is 3.61. The summed E-state index contributed by atoms with van der Waals surface area (Å²) in [6, 6.07) is 8.05. The van der Waals surface area contributed by atoms with Crippen molar-refractivity contribution < 1.29 is 13.9 Å². The van der Waals surface area contributed by atoms with Gasteiger partial charge in [0.05, 0.1) is 44.3 Å². The standard InChI is InChI=1S/C22H27N5O3/c1-14-21(15(2)27(25-14)17-5-4-6-18(11-17)28-3)19-13-29-10-9-26(19)12-20-23-24-22(30-20)16-7-8-16/h4-6,11,16,19H,7-10,12-13H2,1-3H3. The Bertz CT molecular complexity index is 1040. The fourth-order valence-electron chi connectivity index (χ4n) is 4.22. The molecular weight excluding hydrogens is 382 g/mol. The van der Waals surface area contributed by atoms with E-state index in [2.05, 4.69) is 28.9 Å². The molecule has 158 valence electrons. The van der Waals surface area contributed by atoms with Crippen LogP contribution in [-0.4, -0.2) is 51.7 Å². The molecule has 0 bridgehead atoms. The summed E-state index contributed by atoms with van der Waals surface area (Å²) >= 11 is 0. The molecule has 8 heteroatoms. The molecule has 0 N–H and O–H groups in total. The second-order valence-electron chi connectivity index (χ2n) is 8.07. The van der Waals surface area contributed by atoms with E-state index < -0.39 is 0 Å². The molecule has 0 spiro atoms. The Morgan fingerprint density at radius 2 is 2.07 bits per heavy atom. The third-order valence-electron chi connectivity index (χ3n) is 5.97. The van der Waals surface area contributed by atoms with Gasteiger partial charge in [-0.3, -0.25) is 4.90 Å². The van der Waals surface area contributed by atoms with Crippen molar-refractivity contribution in [2.75, 3.05) is 26.9 Å². The molecule has 5 rings (SSSR count). The topological polar surface area (TPSA) is 78.4 Å². The first-order valence-electron chi connectivity index (χ1n) is 10.5. The molecule has 0 radical (unpaired) electrons. The van der Waals surface area contributed by atoms with Crippen LogP contribution in [0.25, 0.3) is 5.69 Å². The molecule has 3 heterocycles. The lowest BCUT2D eigenvalue weighted by Crippen LogP contribution is -2.39. The van der Waals surface area contributed by atoms with Gasteiger partial charge in [-0.05, 0) is 38.8 Å². The number of hydrogen-bond donors (Lipinski definition) is 0. The molecule has 1 saturated carbocycles. The Kier molecular flexibility index (Phi) is 5.04. The molecule has 1 aromatic carbocycles. The van der Waals surface area contributed by atoms with Crippen LogP contribution in [0.3, 0.4) is 0 Å². The van der Waals surface area contributed by atoms with Crippen molar-refractivity contribution in [3.8, 4) is 11.4 Å². The molecular formula is C22H27N5O3. The number of benzene rings is 1. The number of aryl methyl sites for hydroxylation is 1. The van der Waals surface area contributed by atoms with Crippen LogP contribution >= 0.6 is 0 Å². The van der Waals surface area contributed by atoms with Crippen molar-refractivity contribution in [2.45, 2.75) is 45.2 Å². The summed E-state index contributed by atoms with van der Waals surface area (Å²) in [6.45, 7) is 6.92. The maximum atomic E-state index is 5.92. The van der Waals surface area contributed by atoms with Crippen molar-refractivity contribution in [3.63, 3.8) is 0 Å². The Balaban J connectivity index is 1.44. The van der Waals surface area contributed by atoms with Gasteiger partial charge in [0.15, 0.2) is 0 Å². The predicted octanol–water partition coefficient (Wildman–Crippen LogP) is 3.33. The lowest BCUT2D eigenvalue weighted by Gasteiger charge is -2.35. The van der Waals surface area contributed by atoms with E-state index in [9.17, 15) is 0 Å². The first-order valence-corrected chi connectivity index (χ1v) is 10.5. The van der Waals surface area contributed by atoms with Crippen LogP contribution < -0.4 is 4.74 Å².